The summed E-state index contributed by atoms with van der Waals surface area (Å²) in [5, 5.41) is 0.193. The average molecular weight is 542 g/mol. The molecule has 1 heterocycles. The zero-order valence-corrected chi connectivity index (χ0v) is 19.2. The summed E-state index contributed by atoms with van der Waals surface area (Å²) in [4.78, 5) is 26.7. The lowest BCUT2D eigenvalue weighted by atomic mass is 10.1. The third-order valence-electron chi connectivity index (χ3n) is 4.05. The lowest BCUT2D eigenvalue weighted by Gasteiger charge is -2.13. The molecule has 0 saturated carbocycles. The van der Waals surface area contributed by atoms with Crippen LogP contribution in [0.25, 0.3) is 6.08 Å². The monoisotopic (exact) mass is 541 g/mol. The van der Waals surface area contributed by atoms with E-state index in [1.54, 1.807) is 43.5 Å². The van der Waals surface area contributed by atoms with Crippen molar-refractivity contribution in [1.29, 1.82) is 0 Å². The van der Waals surface area contributed by atoms with Crippen molar-refractivity contribution in [2.45, 2.75) is 6.54 Å². The fraction of sp³-hybridized carbons (Fsp3) is 0.143. The van der Waals surface area contributed by atoms with E-state index in [1.165, 1.54) is 4.90 Å². The highest BCUT2D eigenvalue weighted by Crippen LogP contribution is 2.38. The van der Waals surface area contributed by atoms with Crippen LogP contribution in [0, 0.1) is 3.57 Å². The minimum absolute atomic E-state index is 0.136. The van der Waals surface area contributed by atoms with E-state index in [0.29, 0.717) is 28.0 Å². The van der Waals surface area contributed by atoms with E-state index in [-0.39, 0.29) is 17.7 Å². The van der Waals surface area contributed by atoms with Crippen molar-refractivity contribution in [2.75, 3.05) is 13.7 Å². The molecule has 0 atom stereocenters. The quantitative estimate of drug-likeness (QED) is 0.254. The first-order valence-corrected chi connectivity index (χ1v) is 10.8. The number of halogens is 2. The molecule has 8 heteroatoms. The van der Waals surface area contributed by atoms with Crippen LogP contribution in [-0.4, -0.2) is 29.8 Å². The first kappa shape index (κ1) is 21.7. The summed E-state index contributed by atoms with van der Waals surface area (Å²) in [6.07, 6.45) is 3.33. The highest BCUT2D eigenvalue weighted by molar-refractivity contribution is 14.1. The lowest BCUT2D eigenvalue weighted by Crippen LogP contribution is -2.27. The molecule has 0 aromatic heterocycles. The number of carbonyl (C=O) groups is 2. The molecule has 2 aromatic rings. The highest BCUT2D eigenvalue weighted by atomic mass is 127. The number of amides is 2. The van der Waals surface area contributed by atoms with E-state index in [9.17, 15) is 9.59 Å². The van der Waals surface area contributed by atoms with Gasteiger partial charge in [0.15, 0.2) is 11.5 Å². The molecule has 1 saturated heterocycles. The highest BCUT2D eigenvalue weighted by Gasteiger charge is 2.35. The van der Waals surface area contributed by atoms with Gasteiger partial charge in [0.1, 0.15) is 6.61 Å². The van der Waals surface area contributed by atoms with E-state index in [1.807, 2.05) is 12.1 Å². The Morgan fingerprint density at radius 2 is 2.03 bits per heavy atom. The molecule has 1 fully saturated rings. The number of hydrogen-bond donors (Lipinski definition) is 0. The van der Waals surface area contributed by atoms with Crippen molar-refractivity contribution >= 4 is 63.2 Å². The van der Waals surface area contributed by atoms with Gasteiger partial charge in [-0.3, -0.25) is 14.5 Å². The van der Waals surface area contributed by atoms with E-state index in [0.717, 1.165) is 26.5 Å². The number of rotatable bonds is 7. The number of imide groups is 1. The molecule has 0 aliphatic carbocycles. The van der Waals surface area contributed by atoms with Crippen LogP contribution in [0.2, 0.25) is 5.02 Å². The summed E-state index contributed by atoms with van der Waals surface area (Å²) in [6, 6.07) is 10.8. The summed E-state index contributed by atoms with van der Waals surface area (Å²) in [7, 11) is 1.55. The van der Waals surface area contributed by atoms with Crippen molar-refractivity contribution in [1.82, 2.24) is 4.90 Å². The van der Waals surface area contributed by atoms with Crippen molar-refractivity contribution in [3.63, 3.8) is 0 Å². The van der Waals surface area contributed by atoms with Gasteiger partial charge < -0.3 is 9.47 Å². The van der Waals surface area contributed by atoms with Crippen LogP contribution in [0.5, 0.6) is 11.5 Å². The summed E-state index contributed by atoms with van der Waals surface area (Å²) < 4.78 is 11.9. The maximum Gasteiger partial charge on any atom is 0.293 e. The Labute approximate surface area is 191 Å². The van der Waals surface area contributed by atoms with Gasteiger partial charge >= 0.3 is 0 Å². The van der Waals surface area contributed by atoms with Crippen LogP contribution in [-0.2, 0) is 11.3 Å². The summed E-state index contributed by atoms with van der Waals surface area (Å²) in [5.74, 6) is 0.804. The zero-order chi connectivity index (χ0) is 21.0. The second-order valence-electron chi connectivity index (χ2n) is 5.99. The number of carbonyl (C=O) groups excluding carboxylic acids is 2. The summed E-state index contributed by atoms with van der Waals surface area (Å²) in [6.45, 7) is 4.13. The van der Waals surface area contributed by atoms with Crippen LogP contribution < -0.4 is 9.47 Å². The van der Waals surface area contributed by atoms with Crippen molar-refractivity contribution in [2.24, 2.45) is 0 Å². The van der Waals surface area contributed by atoms with Crippen molar-refractivity contribution < 1.29 is 19.1 Å². The van der Waals surface area contributed by atoms with Gasteiger partial charge in [-0.1, -0.05) is 42.5 Å². The minimum Gasteiger partial charge on any atom is -0.493 e. The molecule has 0 bridgehead atoms. The number of hydrogen-bond acceptors (Lipinski definition) is 5. The standard InChI is InChI=1S/C21H17ClINO4S/c1-3-8-28-19-16(23)9-13(10-17(19)27-2)11-18-20(25)24(21(26)29-18)12-14-6-4-5-7-15(14)22/h3-7,9-11H,1,8,12H2,2H3/b18-11-. The third kappa shape index (κ3) is 4.96. The fourth-order valence-electron chi connectivity index (χ4n) is 2.69. The van der Waals surface area contributed by atoms with E-state index < -0.39 is 0 Å². The van der Waals surface area contributed by atoms with Crippen molar-refractivity contribution in [3.8, 4) is 11.5 Å². The molecule has 2 amide bonds. The van der Waals surface area contributed by atoms with E-state index >= 15 is 0 Å². The molecular formula is C21H17ClINO4S. The molecule has 1 aliphatic heterocycles. The SMILES string of the molecule is C=CCOc1c(I)cc(/C=C2\SC(=O)N(Cc3ccccc3Cl)C2=O)cc1OC. The van der Waals surface area contributed by atoms with E-state index in [4.69, 9.17) is 21.1 Å². The maximum atomic E-state index is 12.8. The first-order valence-electron chi connectivity index (χ1n) is 8.54. The Bertz CT molecular complexity index is 1010. The molecule has 1 aliphatic rings. The van der Waals surface area contributed by atoms with E-state index in [2.05, 4.69) is 29.2 Å². The van der Waals surface area contributed by atoms with Gasteiger partial charge in [-0.25, -0.2) is 0 Å². The van der Waals surface area contributed by atoms with Gasteiger partial charge in [0.25, 0.3) is 11.1 Å². The van der Waals surface area contributed by atoms with Gasteiger partial charge in [0, 0.05) is 5.02 Å². The predicted molar refractivity (Wildman–Crippen MR) is 124 cm³/mol. The Morgan fingerprint density at radius 3 is 2.72 bits per heavy atom. The van der Waals surface area contributed by atoms with Gasteiger partial charge in [-0.05, 0) is 69.8 Å². The maximum absolute atomic E-state index is 12.8. The molecule has 150 valence electrons. The predicted octanol–water partition coefficient (Wildman–Crippen LogP) is 5.75. The molecule has 29 heavy (non-hydrogen) atoms. The van der Waals surface area contributed by atoms with Gasteiger partial charge in [-0.15, -0.1) is 0 Å². The Balaban J connectivity index is 1.86. The van der Waals surface area contributed by atoms with Gasteiger partial charge in [0.2, 0.25) is 0 Å². The zero-order valence-electron chi connectivity index (χ0n) is 15.5. The second-order valence-corrected chi connectivity index (χ2v) is 8.56. The Hall–Kier alpha value is -1.97. The molecule has 0 unspecified atom stereocenters. The van der Waals surface area contributed by atoms with Gasteiger partial charge in [0.05, 0.1) is 22.1 Å². The average Bonchev–Trinajstić information content (AvgIpc) is 2.95. The largest absolute Gasteiger partial charge is 0.493 e. The first-order chi connectivity index (χ1) is 13.9. The third-order valence-corrected chi connectivity index (χ3v) is 6.13. The number of ether oxygens (including phenoxy) is 2. The Kier molecular flexibility index (Phi) is 7.26. The van der Waals surface area contributed by atoms with Crippen LogP contribution >= 0.6 is 46.0 Å². The molecule has 0 spiro atoms. The van der Waals surface area contributed by atoms with Crippen LogP contribution in [0.15, 0.2) is 54.0 Å². The molecule has 0 radical (unpaired) electrons. The number of thioether (sulfide) groups is 1. The molecule has 5 nitrogen and oxygen atoms in total. The molecular weight excluding hydrogens is 525 g/mol. The van der Waals surface area contributed by atoms with Gasteiger partial charge in [-0.2, -0.15) is 0 Å². The van der Waals surface area contributed by atoms with Crippen LogP contribution in [0.4, 0.5) is 4.79 Å². The topological polar surface area (TPSA) is 55.8 Å². The minimum atomic E-state index is -0.346. The number of methoxy groups -OCH3 is 1. The van der Waals surface area contributed by atoms with Crippen LogP contribution in [0.3, 0.4) is 0 Å². The van der Waals surface area contributed by atoms with Crippen molar-refractivity contribution in [3.05, 3.63) is 73.7 Å². The molecule has 0 N–H and O–H groups in total. The normalized spacial score (nSPS) is 15.1. The van der Waals surface area contributed by atoms with Crippen LogP contribution in [0.1, 0.15) is 11.1 Å². The fourth-order valence-corrected chi connectivity index (χ4v) is 4.50. The number of nitrogens with zero attached hydrogens (tertiary/aromatic N) is 1. The smallest absolute Gasteiger partial charge is 0.293 e. The Morgan fingerprint density at radius 1 is 1.28 bits per heavy atom. The molecule has 2 aromatic carbocycles. The lowest BCUT2D eigenvalue weighted by molar-refractivity contribution is -0.123. The second kappa shape index (κ2) is 9.69. The molecule has 3 rings (SSSR count). The number of benzene rings is 2. The summed E-state index contributed by atoms with van der Waals surface area (Å²) >= 11 is 9.21. The summed E-state index contributed by atoms with van der Waals surface area (Å²) in [5.41, 5.74) is 1.46.